The van der Waals surface area contributed by atoms with Crippen LogP contribution in [-0.2, 0) is 6.18 Å². The topological polar surface area (TPSA) is 77.8 Å². The summed E-state index contributed by atoms with van der Waals surface area (Å²) in [5.41, 5.74) is -2.21. The Morgan fingerprint density at radius 3 is 2.26 bits per heavy atom. The third-order valence-corrected chi connectivity index (χ3v) is 2.71. The third-order valence-electron chi connectivity index (χ3n) is 2.39. The van der Waals surface area contributed by atoms with Gasteiger partial charge in [0.1, 0.15) is 6.10 Å². The molecule has 4 nitrogen and oxygen atoms in total. The highest BCUT2D eigenvalue weighted by Gasteiger charge is 2.33. The fourth-order valence-corrected chi connectivity index (χ4v) is 1.58. The van der Waals surface area contributed by atoms with E-state index in [0.29, 0.717) is 12.1 Å². The van der Waals surface area contributed by atoms with Crippen LogP contribution in [0.15, 0.2) is 18.2 Å². The predicted molar refractivity (Wildman–Crippen MR) is 60.1 cm³/mol. The molecule has 2 atom stereocenters. The molecule has 2 unspecified atom stereocenters. The fraction of sp³-hybridized carbons (Fsp3) is 0.364. The van der Waals surface area contributed by atoms with Crippen LogP contribution >= 0.6 is 11.6 Å². The second-order valence-electron chi connectivity index (χ2n) is 3.81. The summed E-state index contributed by atoms with van der Waals surface area (Å²) in [7, 11) is 0. The number of alkyl halides is 4. The van der Waals surface area contributed by atoms with E-state index in [0.717, 1.165) is 6.07 Å². The van der Waals surface area contributed by atoms with Crippen LogP contribution in [0.3, 0.4) is 0 Å². The Labute approximate surface area is 111 Å². The minimum Gasteiger partial charge on any atom is -0.478 e. The summed E-state index contributed by atoms with van der Waals surface area (Å²) < 4.78 is 37.8. The summed E-state index contributed by atoms with van der Waals surface area (Å²) in [6.07, 6.45) is -7.95. The van der Waals surface area contributed by atoms with Crippen LogP contribution in [0.5, 0.6) is 0 Å². The average molecular weight is 299 g/mol. The molecule has 0 aliphatic carbocycles. The highest BCUT2D eigenvalue weighted by molar-refractivity contribution is 6.18. The van der Waals surface area contributed by atoms with Crippen molar-refractivity contribution in [2.24, 2.45) is 0 Å². The van der Waals surface area contributed by atoms with Crippen LogP contribution in [0.4, 0.5) is 13.2 Å². The summed E-state index contributed by atoms with van der Waals surface area (Å²) in [5, 5.41) is 27.6. The molecule has 1 rings (SSSR count). The molecular formula is C11H10ClF3O4. The van der Waals surface area contributed by atoms with Crippen molar-refractivity contribution < 1.29 is 33.3 Å². The molecule has 0 bridgehead atoms. The zero-order chi connectivity index (χ0) is 14.8. The first-order valence-electron chi connectivity index (χ1n) is 5.04. The molecule has 0 aromatic heterocycles. The molecule has 0 fully saturated rings. The van der Waals surface area contributed by atoms with E-state index in [-0.39, 0.29) is 5.56 Å². The van der Waals surface area contributed by atoms with Crippen LogP contribution in [0.2, 0.25) is 0 Å². The zero-order valence-corrected chi connectivity index (χ0v) is 10.1. The molecule has 19 heavy (non-hydrogen) atoms. The number of aliphatic hydroxyl groups is 2. The van der Waals surface area contributed by atoms with Gasteiger partial charge in [-0.25, -0.2) is 4.79 Å². The Morgan fingerprint density at radius 1 is 1.26 bits per heavy atom. The van der Waals surface area contributed by atoms with E-state index in [1.54, 1.807) is 0 Å². The van der Waals surface area contributed by atoms with Crippen molar-refractivity contribution in [1.82, 2.24) is 0 Å². The van der Waals surface area contributed by atoms with Gasteiger partial charge in [0, 0.05) is 0 Å². The quantitative estimate of drug-likeness (QED) is 0.743. The van der Waals surface area contributed by atoms with Crippen molar-refractivity contribution in [3.63, 3.8) is 0 Å². The summed E-state index contributed by atoms with van der Waals surface area (Å²) in [4.78, 5) is 10.8. The molecule has 106 valence electrons. The van der Waals surface area contributed by atoms with E-state index < -0.39 is 41.4 Å². The van der Waals surface area contributed by atoms with Crippen LogP contribution < -0.4 is 0 Å². The highest BCUT2D eigenvalue weighted by Crippen LogP contribution is 2.32. The van der Waals surface area contributed by atoms with Gasteiger partial charge in [0.2, 0.25) is 0 Å². The van der Waals surface area contributed by atoms with E-state index in [1.807, 2.05) is 0 Å². The standard InChI is InChI=1S/C11H10ClF3O4/c12-4-8(16)9(17)5-1-6(10(18)19)3-7(2-5)11(13,14)15/h1-3,8-9,16-17H,4H2,(H,18,19). The second kappa shape index (κ2) is 5.77. The van der Waals surface area contributed by atoms with Gasteiger partial charge in [0.25, 0.3) is 0 Å². The van der Waals surface area contributed by atoms with Gasteiger partial charge >= 0.3 is 12.1 Å². The maximum absolute atomic E-state index is 12.6. The number of carboxylic acids is 1. The van der Waals surface area contributed by atoms with Crippen molar-refractivity contribution in [1.29, 1.82) is 0 Å². The Kier molecular flexibility index (Phi) is 4.78. The van der Waals surface area contributed by atoms with Crippen molar-refractivity contribution in [2.45, 2.75) is 18.4 Å². The maximum atomic E-state index is 12.6. The first-order valence-corrected chi connectivity index (χ1v) is 5.58. The minimum atomic E-state index is -4.76. The second-order valence-corrected chi connectivity index (χ2v) is 4.12. The summed E-state index contributed by atoms with van der Waals surface area (Å²) >= 11 is 5.28. The van der Waals surface area contributed by atoms with Crippen LogP contribution in [-0.4, -0.2) is 33.3 Å². The molecular weight excluding hydrogens is 289 g/mol. The van der Waals surface area contributed by atoms with Crippen molar-refractivity contribution >= 4 is 17.6 Å². The van der Waals surface area contributed by atoms with E-state index >= 15 is 0 Å². The average Bonchev–Trinajstić information content (AvgIpc) is 2.35. The van der Waals surface area contributed by atoms with Crippen LogP contribution in [0.1, 0.15) is 27.6 Å². The number of hydrogen-bond acceptors (Lipinski definition) is 3. The van der Waals surface area contributed by atoms with Gasteiger partial charge < -0.3 is 15.3 Å². The Hall–Kier alpha value is -1.31. The smallest absolute Gasteiger partial charge is 0.416 e. The van der Waals surface area contributed by atoms with Crippen molar-refractivity contribution in [2.75, 3.05) is 5.88 Å². The summed E-state index contributed by atoms with van der Waals surface area (Å²) in [6.45, 7) is 0. The van der Waals surface area contributed by atoms with Crippen molar-refractivity contribution in [3.05, 3.63) is 34.9 Å². The number of hydrogen-bond donors (Lipinski definition) is 3. The van der Waals surface area contributed by atoms with E-state index in [2.05, 4.69) is 0 Å². The lowest BCUT2D eigenvalue weighted by atomic mass is 9.99. The van der Waals surface area contributed by atoms with Gasteiger partial charge in [0.15, 0.2) is 0 Å². The molecule has 3 N–H and O–H groups in total. The van der Waals surface area contributed by atoms with Gasteiger partial charge in [-0.3, -0.25) is 0 Å². The predicted octanol–water partition coefficient (Wildman–Crippen LogP) is 2.04. The van der Waals surface area contributed by atoms with Crippen molar-refractivity contribution in [3.8, 4) is 0 Å². The molecule has 0 amide bonds. The third kappa shape index (κ3) is 3.82. The number of rotatable bonds is 4. The van der Waals surface area contributed by atoms with E-state index in [1.165, 1.54) is 0 Å². The van der Waals surface area contributed by atoms with Crippen LogP contribution in [0.25, 0.3) is 0 Å². The Bertz CT molecular complexity index is 475. The maximum Gasteiger partial charge on any atom is 0.416 e. The molecule has 0 saturated carbocycles. The largest absolute Gasteiger partial charge is 0.478 e. The normalized spacial score (nSPS) is 15.1. The molecule has 0 aliphatic rings. The number of benzene rings is 1. The highest BCUT2D eigenvalue weighted by atomic mass is 35.5. The van der Waals surface area contributed by atoms with Crippen LogP contribution in [0, 0.1) is 0 Å². The van der Waals surface area contributed by atoms with Gasteiger partial charge in [-0.05, 0) is 23.8 Å². The molecule has 0 heterocycles. The fourth-order valence-electron chi connectivity index (χ4n) is 1.42. The number of carbonyl (C=O) groups is 1. The van der Waals surface area contributed by atoms with Gasteiger partial charge in [-0.15, -0.1) is 11.6 Å². The lowest BCUT2D eigenvalue weighted by Crippen LogP contribution is -2.21. The lowest BCUT2D eigenvalue weighted by Gasteiger charge is -2.18. The molecule has 0 saturated heterocycles. The lowest BCUT2D eigenvalue weighted by molar-refractivity contribution is -0.137. The Balaban J connectivity index is 3.32. The zero-order valence-electron chi connectivity index (χ0n) is 9.36. The molecule has 1 aromatic rings. The summed E-state index contributed by atoms with van der Waals surface area (Å²) in [5.74, 6) is -1.97. The first-order chi connectivity index (χ1) is 8.66. The van der Waals surface area contributed by atoms with Gasteiger partial charge in [-0.2, -0.15) is 13.2 Å². The van der Waals surface area contributed by atoms with Gasteiger partial charge in [-0.1, -0.05) is 0 Å². The molecule has 8 heteroatoms. The summed E-state index contributed by atoms with van der Waals surface area (Å²) in [6, 6.07) is 1.89. The molecule has 0 aliphatic heterocycles. The Morgan fingerprint density at radius 2 is 1.84 bits per heavy atom. The first kappa shape index (κ1) is 15.7. The van der Waals surface area contributed by atoms with E-state index in [4.69, 9.17) is 16.7 Å². The molecule has 0 radical (unpaired) electrons. The SMILES string of the molecule is O=C(O)c1cc(C(O)C(O)CCl)cc(C(F)(F)F)c1. The number of aliphatic hydroxyl groups excluding tert-OH is 2. The van der Waals surface area contributed by atoms with Gasteiger partial charge in [0.05, 0.1) is 23.1 Å². The molecule has 1 aromatic carbocycles. The number of aromatic carboxylic acids is 1. The number of halogens is 4. The molecule has 0 spiro atoms. The minimum absolute atomic E-state index is 0.361. The van der Waals surface area contributed by atoms with E-state index in [9.17, 15) is 28.2 Å². The monoisotopic (exact) mass is 298 g/mol. The number of carboxylic acid groups (broad SMARTS) is 1.